The van der Waals surface area contributed by atoms with Crippen LogP contribution < -0.4 is 0 Å². The Morgan fingerprint density at radius 1 is 1.50 bits per heavy atom. The van der Waals surface area contributed by atoms with E-state index >= 15 is 0 Å². The van der Waals surface area contributed by atoms with Gasteiger partial charge in [-0.05, 0) is 18.9 Å². The lowest BCUT2D eigenvalue weighted by molar-refractivity contribution is 0.0757. The van der Waals surface area contributed by atoms with Crippen LogP contribution in [0, 0.1) is 5.41 Å². The van der Waals surface area contributed by atoms with Gasteiger partial charge >= 0.3 is 0 Å². The highest BCUT2D eigenvalue weighted by molar-refractivity contribution is 5.11. The molecule has 0 heterocycles. The van der Waals surface area contributed by atoms with Gasteiger partial charge in [-0.25, -0.2) is 8.78 Å². The molecule has 1 nitrogen and oxygen atoms in total. The van der Waals surface area contributed by atoms with E-state index in [4.69, 9.17) is 4.74 Å². The fraction of sp³-hybridized carbons (Fsp3) is 0.778. The number of rotatable bonds is 4. The van der Waals surface area contributed by atoms with Crippen molar-refractivity contribution in [3.8, 4) is 0 Å². The van der Waals surface area contributed by atoms with E-state index in [1.165, 1.54) is 0 Å². The molecule has 0 unspecified atom stereocenters. The summed E-state index contributed by atoms with van der Waals surface area (Å²) in [7, 11) is 1.60. The molecule has 0 radical (unpaired) electrons. The summed E-state index contributed by atoms with van der Waals surface area (Å²) in [6, 6.07) is 0. The van der Waals surface area contributed by atoms with Crippen LogP contribution in [0.1, 0.15) is 19.8 Å². The molecule has 1 aliphatic rings. The van der Waals surface area contributed by atoms with Crippen LogP contribution in [0.2, 0.25) is 0 Å². The predicted molar refractivity (Wildman–Crippen MR) is 43.3 cm³/mol. The van der Waals surface area contributed by atoms with Crippen molar-refractivity contribution in [1.29, 1.82) is 0 Å². The fourth-order valence-electron chi connectivity index (χ4n) is 1.13. The summed E-state index contributed by atoms with van der Waals surface area (Å²) in [5, 5.41) is 0. The number of ether oxygens (including phenoxy) is 1. The lowest BCUT2D eigenvalue weighted by Crippen LogP contribution is -2.09. The van der Waals surface area contributed by atoms with Gasteiger partial charge in [0.15, 0.2) is 0 Å². The van der Waals surface area contributed by atoms with Gasteiger partial charge in [-0.3, -0.25) is 0 Å². The van der Waals surface area contributed by atoms with E-state index in [1.54, 1.807) is 13.2 Å². The van der Waals surface area contributed by atoms with Crippen molar-refractivity contribution in [2.45, 2.75) is 25.7 Å². The molecule has 70 valence electrons. The molecular formula is C9H14F2O. The van der Waals surface area contributed by atoms with Gasteiger partial charge in [0.25, 0.3) is 5.92 Å². The van der Waals surface area contributed by atoms with Crippen molar-refractivity contribution in [3.05, 3.63) is 12.2 Å². The summed E-state index contributed by atoms with van der Waals surface area (Å²) in [5.74, 6) is -2.69. The Morgan fingerprint density at radius 2 is 2.08 bits per heavy atom. The van der Waals surface area contributed by atoms with Gasteiger partial charge in [0.05, 0.1) is 6.61 Å². The molecule has 0 amide bonds. The summed E-state index contributed by atoms with van der Waals surface area (Å²) in [4.78, 5) is 0. The van der Waals surface area contributed by atoms with E-state index in [1.807, 2.05) is 0 Å². The van der Waals surface area contributed by atoms with E-state index in [-0.39, 0.29) is 5.41 Å². The first kappa shape index (κ1) is 9.65. The number of hydrogen-bond acceptors (Lipinski definition) is 1. The number of alkyl halides is 2. The maximum atomic E-state index is 12.4. The second-order valence-electron chi connectivity index (χ2n) is 3.59. The molecule has 1 saturated carbocycles. The molecule has 12 heavy (non-hydrogen) atoms. The highest BCUT2D eigenvalue weighted by Crippen LogP contribution is 2.47. The minimum absolute atomic E-state index is 0.0752. The van der Waals surface area contributed by atoms with Crippen LogP contribution >= 0.6 is 0 Å². The van der Waals surface area contributed by atoms with Gasteiger partial charge in [0.1, 0.15) is 0 Å². The SMILES string of the molecule is COCC1(C=CC(C)(F)F)CC1. The predicted octanol–water partition coefficient (Wildman–Crippen LogP) is 2.62. The summed E-state index contributed by atoms with van der Waals surface area (Å²) < 4.78 is 29.7. The molecule has 1 fully saturated rings. The van der Waals surface area contributed by atoms with Gasteiger partial charge in [0, 0.05) is 19.4 Å². The monoisotopic (exact) mass is 176 g/mol. The lowest BCUT2D eigenvalue weighted by Gasteiger charge is -2.09. The Labute approximate surface area is 71.4 Å². The molecule has 3 heteroatoms. The van der Waals surface area contributed by atoms with E-state index in [0.717, 1.165) is 25.8 Å². The van der Waals surface area contributed by atoms with Crippen LogP contribution in [0.3, 0.4) is 0 Å². The van der Waals surface area contributed by atoms with Crippen molar-refractivity contribution in [2.75, 3.05) is 13.7 Å². The van der Waals surface area contributed by atoms with E-state index in [2.05, 4.69) is 0 Å². The number of methoxy groups -OCH3 is 1. The fourth-order valence-corrected chi connectivity index (χ4v) is 1.13. The van der Waals surface area contributed by atoms with Crippen molar-refractivity contribution >= 4 is 0 Å². The van der Waals surface area contributed by atoms with Crippen molar-refractivity contribution in [2.24, 2.45) is 5.41 Å². The van der Waals surface area contributed by atoms with Crippen LogP contribution in [0.15, 0.2) is 12.2 Å². The zero-order chi connectivity index (χ0) is 9.24. The summed E-state index contributed by atoms with van der Waals surface area (Å²) >= 11 is 0. The minimum atomic E-state index is -2.69. The molecule has 0 saturated heterocycles. The molecule has 0 aromatic carbocycles. The Hall–Kier alpha value is -0.440. The standard InChI is InChI=1S/C9H14F2O/c1-8(10,11)3-4-9(5-6-9)7-12-2/h3-4H,5-7H2,1-2H3. The van der Waals surface area contributed by atoms with Gasteiger partial charge in [-0.15, -0.1) is 0 Å². The topological polar surface area (TPSA) is 9.23 Å². The third kappa shape index (κ3) is 2.89. The van der Waals surface area contributed by atoms with E-state index < -0.39 is 5.92 Å². The van der Waals surface area contributed by atoms with Gasteiger partial charge in [-0.2, -0.15) is 0 Å². The maximum Gasteiger partial charge on any atom is 0.263 e. The van der Waals surface area contributed by atoms with E-state index in [0.29, 0.717) is 6.61 Å². The quantitative estimate of drug-likeness (QED) is 0.598. The minimum Gasteiger partial charge on any atom is -0.384 e. The smallest absolute Gasteiger partial charge is 0.263 e. The van der Waals surface area contributed by atoms with E-state index in [9.17, 15) is 8.78 Å². The van der Waals surface area contributed by atoms with Crippen LogP contribution in [0.4, 0.5) is 8.78 Å². The third-order valence-corrected chi connectivity index (χ3v) is 2.05. The molecule has 0 N–H and O–H groups in total. The zero-order valence-corrected chi connectivity index (χ0v) is 7.44. The normalized spacial score (nSPS) is 21.7. The van der Waals surface area contributed by atoms with Crippen molar-refractivity contribution in [1.82, 2.24) is 0 Å². The molecule has 0 spiro atoms. The first-order chi connectivity index (χ1) is 5.47. The largest absolute Gasteiger partial charge is 0.384 e. The molecule has 0 bridgehead atoms. The van der Waals surface area contributed by atoms with Gasteiger partial charge in [0.2, 0.25) is 0 Å². The van der Waals surface area contributed by atoms with Crippen LogP contribution in [-0.2, 0) is 4.74 Å². The molecule has 1 aliphatic carbocycles. The lowest BCUT2D eigenvalue weighted by atomic mass is 10.1. The van der Waals surface area contributed by atoms with Crippen LogP contribution in [-0.4, -0.2) is 19.6 Å². The molecular weight excluding hydrogens is 162 g/mol. The van der Waals surface area contributed by atoms with Gasteiger partial charge in [-0.1, -0.05) is 6.08 Å². The molecule has 0 aromatic rings. The first-order valence-electron chi connectivity index (χ1n) is 4.05. The third-order valence-electron chi connectivity index (χ3n) is 2.05. The first-order valence-corrected chi connectivity index (χ1v) is 4.05. The average molecular weight is 176 g/mol. The number of hydrogen-bond donors (Lipinski definition) is 0. The molecule has 0 aromatic heterocycles. The number of halogens is 2. The van der Waals surface area contributed by atoms with Gasteiger partial charge < -0.3 is 4.74 Å². The highest BCUT2D eigenvalue weighted by atomic mass is 19.3. The maximum absolute atomic E-state index is 12.4. The summed E-state index contributed by atoms with van der Waals surface area (Å²) in [5.41, 5.74) is -0.0752. The Kier molecular flexibility index (Phi) is 2.52. The zero-order valence-electron chi connectivity index (χ0n) is 7.44. The highest BCUT2D eigenvalue weighted by Gasteiger charge is 2.40. The Bertz CT molecular complexity index is 177. The van der Waals surface area contributed by atoms with Crippen LogP contribution in [0.5, 0.6) is 0 Å². The van der Waals surface area contributed by atoms with Crippen molar-refractivity contribution in [3.63, 3.8) is 0 Å². The number of allylic oxidation sites excluding steroid dienone is 1. The molecule has 1 rings (SSSR count). The summed E-state index contributed by atoms with van der Waals surface area (Å²) in [6.07, 6.45) is 4.50. The second kappa shape index (κ2) is 3.13. The summed E-state index contributed by atoms with van der Waals surface area (Å²) in [6.45, 7) is 1.45. The Morgan fingerprint density at radius 3 is 2.42 bits per heavy atom. The second-order valence-corrected chi connectivity index (χ2v) is 3.59. The van der Waals surface area contributed by atoms with Crippen LogP contribution in [0.25, 0.3) is 0 Å². The van der Waals surface area contributed by atoms with Crippen molar-refractivity contribution < 1.29 is 13.5 Å². The molecule has 0 aliphatic heterocycles. The molecule has 0 atom stereocenters. The Balaban J connectivity index is 2.45. The average Bonchev–Trinajstić information content (AvgIpc) is 2.65.